The van der Waals surface area contributed by atoms with E-state index >= 15 is 0 Å². The summed E-state index contributed by atoms with van der Waals surface area (Å²) in [7, 11) is 1.60. The number of rotatable bonds is 3. The molecule has 0 aliphatic carbocycles. The van der Waals surface area contributed by atoms with E-state index < -0.39 is 5.97 Å². The van der Waals surface area contributed by atoms with Crippen molar-refractivity contribution < 1.29 is 19.4 Å². The van der Waals surface area contributed by atoms with Crippen molar-refractivity contribution in [2.24, 2.45) is 4.99 Å². The van der Waals surface area contributed by atoms with Gasteiger partial charge in [-0.3, -0.25) is 0 Å². The molecule has 1 aliphatic rings. The summed E-state index contributed by atoms with van der Waals surface area (Å²) in [5, 5.41) is 9.12. The summed E-state index contributed by atoms with van der Waals surface area (Å²) >= 11 is 0. The van der Waals surface area contributed by atoms with Crippen molar-refractivity contribution in [1.82, 2.24) is 0 Å². The Morgan fingerprint density at radius 3 is 2.50 bits per heavy atom. The third-order valence-corrected chi connectivity index (χ3v) is 4.16. The van der Waals surface area contributed by atoms with E-state index in [1.165, 1.54) is 0 Å². The molecule has 0 saturated heterocycles. The van der Waals surface area contributed by atoms with Crippen LogP contribution in [0.3, 0.4) is 0 Å². The minimum Gasteiger partial charge on any atom is -0.497 e. The number of fused-ring (bicyclic) bond motifs is 2. The van der Waals surface area contributed by atoms with Crippen molar-refractivity contribution in [2.45, 2.75) is 0 Å². The number of nitrogens with zero attached hydrogens (tertiary/aromatic N) is 1. The van der Waals surface area contributed by atoms with Gasteiger partial charge in [0.25, 0.3) is 0 Å². The van der Waals surface area contributed by atoms with Crippen LogP contribution >= 0.6 is 0 Å². The summed E-state index contributed by atoms with van der Waals surface area (Å²) in [6, 6.07) is 19.7. The molecule has 3 aromatic rings. The van der Waals surface area contributed by atoms with Gasteiger partial charge in [0.1, 0.15) is 17.2 Å². The molecule has 1 aliphatic heterocycles. The molecule has 5 heteroatoms. The fourth-order valence-electron chi connectivity index (χ4n) is 2.84. The van der Waals surface area contributed by atoms with E-state index in [0.717, 1.165) is 11.1 Å². The van der Waals surface area contributed by atoms with Crippen molar-refractivity contribution in [3.63, 3.8) is 0 Å². The van der Waals surface area contributed by atoms with Gasteiger partial charge in [0.05, 0.1) is 18.4 Å². The lowest BCUT2D eigenvalue weighted by atomic mass is 9.99. The van der Waals surface area contributed by atoms with Gasteiger partial charge in [-0.25, -0.2) is 9.79 Å². The first-order valence-corrected chi connectivity index (χ1v) is 8.03. The van der Waals surface area contributed by atoms with E-state index in [0.29, 0.717) is 28.6 Å². The Morgan fingerprint density at radius 2 is 1.77 bits per heavy atom. The summed E-state index contributed by atoms with van der Waals surface area (Å²) in [6.45, 7) is 0. The van der Waals surface area contributed by atoms with E-state index in [1.54, 1.807) is 31.4 Å². The standard InChI is InChI=1S/C21H15NO4/c1-25-15-10-11-18-16(12-15)20(13-6-8-14(9-7-13)21(23)24)22-17-4-2-3-5-19(17)26-18/h2-12H,1H3,(H,23,24). The topological polar surface area (TPSA) is 68.1 Å². The van der Waals surface area contributed by atoms with Crippen LogP contribution in [0.5, 0.6) is 17.2 Å². The smallest absolute Gasteiger partial charge is 0.335 e. The largest absolute Gasteiger partial charge is 0.497 e. The van der Waals surface area contributed by atoms with Gasteiger partial charge in [-0.2, -0.15) is 0 Å². The molecule has 0 amide bonds. The van der Waals surface area contributed by atoms with Crippen molar-refractivity contribution in [3.8, 4) is 17.2 Å². The lowest BCUT2D eigenvalue weighted by Gasteiger charge is -2.12. The molecule has 128 valence electrons. The first-order chi connectivity index (χ1) is 12.7. The molecule has 4 rings (SSSR count). The first kappa shape index (κ1) is 15.9. The maximum Gasteiger partial charge on any atom is 0.335 e. The van der Waals surface area contributed by atoms with E-state index in [4.69, 9.17) is 19.6 Å². The van der Waals surface area contributed by atoms with E-state index in [1.807, 2.05) is 42.5 Å². The summed E-state index contributed by atoms with van der Waals surface area (Å²) in [4.78, 5) is 15.9. The fraction of sp³-hybridized carbons (Fsp3) is 0.0476. The Morgan fingerprint density at radius 1 is 1.00 bits per heavy atom. The maximum absolute atomic E-state index is 11.1. The quantitative estimate of drug-likeness (QED) is 0.586. The van der Waals surface area contributed by atoms with Crippen molar-refractivity contribution in [1.29, 1.82) is 0 Å². The third kappa shape index (κ3) is 2.80. The van der Waals surface area contributed by atoms with Crippen LogP contribution in [0.1, 0.15) is 21.5 Å². The van der Waals surface area contributed by atoms with Crippen LogP contribution < -0.4 is 9.47 Å². The van der Waals surface area contributed by atoms with Crippen LogP contribution in [-0.4, -0.2) is 23.9 Å². The lowest BCUT2D eigenvalue weighted by molar-refractivity contribution is 0.0697. The number of aromatic carboxylic acids is 1. The number of carboxylic acids is 1. The predicted octanol–water partition coefficient (Wildman–Crippen LogP) is 4.67. The number of hydrogen-bond acceptors (Lipinski definition) is 4. The Balaban J connectivity index is 1.93. The number of benzene rings is 3. The van der Waals surface area contributed by atoms with Crippen LogP contribution in [-0.2, 0) is 0 Å². The average molecular weight is 345 g/mol. The van der Waals surface area contributed by atoms with E-state index in [9.17, 15) is 4.79 Å². The molecule has 0 radical (unpaired) electrons. The highest BCUT2D eigenvalue weighted by Gasteiger charge is 2.20. The minimum absolute atomic E-state index is 0.227. The maximum atomic E-state index is 11.1. The highest BCUT2D eigenvalue weighted by atomic mass is 16.5. The number of ether oxygens (including phenoxy) is 2. The number of carbonyl (C=O) groups is 1. The van der Waals surface area contributed by atoms with E-state index in [-0.39, 0.29) is 5.56 Å². The summed E-state index contributed by atoms with van der Waals surface area (Å²) in [5.74, 6) is 1.05. The molecule has 5 nitrogen and oxygen atoms in total. The van der Waals surface area contributed by atoms with Crippen LogP contribution in [0.25, 0.3) is 0 Å². The van der Waals surface area contributed by atoms with Crippen LogP contribution in [0, 0.1) is 0 Å². The fourth-order valence-corrected chi connectivity index (χ4v) is 2.84. The predicted molar refractivity (Wildman–Crippen MR) is 98.2 cm³/mol. The number of para-hydroxylation sites is 2. The van der Waals surface area contributed by atoms with Gasteiger partial charge in [0, 0.05) is 11.1 Å². The molecule has 0 spiro atoms. The third-order valence-electron chi connectivity index (χ3n) is 4.16. The highest BCUT2D eigenvalue weighted by molar-refractivity contribution is 6.16. The zero-order valence-corrected chi connectivity index (χ0v) is 14.0. The van der Waals surface area contributed by atoms with Crippen molar-refractivity contribution >= 4 is 17.4 Å². The lowest BCUT2D eigenvalue weighted by Crippen LogP contribution is -2.05. The number of aliphatic imine (C=N–C) groups is 1. The second-order valence-electron chi connectivity index (χ2n) is 5.77. The number of methoxy groups -OCH3 is 1. The second-order valence-corrected chi connectivity index (χ2v) is 5.77. The molecule has 1 N–H and O–H groups in total. The van der Waals surface area contributed by atoms with Crippen LogP contribution in [0.15, 0.2) is 71.7 Å². The molecular formula is C21H15NO4. The number of hydrogen-bond donors (Lipinski definition) is 1. The molecule has 0 bridgehead atoms. The molecule has 0 saturated carbocycles. The molecule has 0 fully saturated rings. The van der Waals surface area contributed by atoms with Gasteiger partial charge in [0.2, 0.25) is 0 Å². The monoisotopic (exact) mass is 345 g/mol. The first-order valence-electron chi connectivity index (χ1n) is 8.03. The SMILES string of the molecule is COc1ccc2c(c1)C(c1ccc(C(=O)O)cc1)=Nc1ccccc1O2. The highest BCUT2D eigenvalue weighted by Crippen LogP contribution is 2.39. The zero-order valence-electron chi connectivity index (χ0n) is 14.0. The summed E-state index contributed by atoms with van der Waals surface area (Å²) < 4.78 is 11.4. The van der Waals surface area contributed by atoms with Gasteiger partial charge in [0.15, 0.2) is 5.75 Å². The minimum atomic E-state index is -0.963. The molecule has 0 atom stereocenters. The molecular weight excluding hydrogens is 330 g/mol. The summed E-state index contributed by atoms with van der Waals surface area (Å²) in [6.07, 6.45) is 0. The Bertz CT molecular complexity index is 1020. The molecule has 0 unspecified atom stereocenters. The van der Waals surface area contributed by atoms with Gasteiger partial charge >= 0.3 is 5.97 Å². The van der Waals surface area contributed by atoms with Gasteiger partial charge < -0.3 is 14.6 Å². The Kier molecular flexibility index (Phi) is 3.89. The van der Waals surface area contributed by atoms with Crippen molar-refractivity contribution in [2.75, 3.05) is 7.11 Å². The molecule has 3 aromatic carbocycles. The normalized spacial score (nSPS) is 12.1. The van der Waals surface area contributed by atoms with Crippen molar-refractivity contribution in [3.05, 3.63) is 83.4 Å². The summed E-state index contributed by atoms with van der Waals surface area (Å²) in [5.41, 5.74) is 3.21. The van der Waals surface area contributed by atoms with Gasteiger partial charge in [-0.15, -0.1) is 0 Å². The van der Waals surface area contributed by atoms with Gasteiger partial charge in [-0.05, 0) is 42.5 Å². The molecule has 26 heavy (non-hydrogen) atoms. The molecule has 1 heterocycles. The number of carboxylic acid groups (broad SMARTS) is 1. The van der Waals surface area contributed by atoms with E-state index in [2.05, 4.69) is 0 Å². The molecule has 0 aromatic heterocycles. The van der Waals surface area contributed by atoms with Crippen LogP contribution in [0.2, 0.25) is 0 Å². The Labute approximate surface area is 150 Å². The van der Waals surface area contributed by atoms with Crippen LogP contribution in [0.4, 0.5) is 5.69 Å². The zero-order chi connectivity index (χ0) is 18.1. The average Bonchev–Trinajstić information content (AvgIpc) is 2.84. The Hall–Kier alpha value is -3.60. The second kappa shape index (κ2) is 6.37. The van der Waals surface area contributed by atoms with Gasteiger partial charge in [-0.1, -0.05) is 24.3 Å².